The van der Waals surface area contributed by atoms with Gasteiger partial charge in [0, 0.05) is 22.5 Å². The number of nitrogens with one attached hydrogen (secondary N) is 1. The quantitative estimate of drug-likeness (QED) is 0.633. The molecule has 4 nitrogen and oxygen atoms in total. The predicted octanol–water partition coefficient (Wildman–Crippen LogP) is 4.26. The maximum Gasteiger partial charge on any atom is 0.303 e. The Hall–Kier alpha value is -1.07. The van der Waals surface area contributed by atoms with E-state index in [1.165, 1.54) is 0 Å². The van der Waals surface area contributed by atoms with Gasteiger partial charge in [0.25, 0.3) is 5.91 Å². The van der Waals surface area contributed by atoms with Gasteiger partial charge in [-0.15, -0.1) is 0 Å². The summed E-state index contributed by atoms with van der Waals surface area (Å²) in [5.41, 5.74) is 0.531. The fraction of sp³-hybridized carbons (Fsp3) is 0.467. The molecule has 0 unspecified atom stereocenters. The van der Waals surface area contributed by atoms with Crippen molar-refractivity contribution in [1.29, 1.82) is 0 Å². The van der Waals surface area contributed by atoms with E-state index in [0.717, 1.165) is 36.6 Å². The minimum Gasteiger partial charge on any atom is -0.481 e. The third-order valence-electron chi connectivity index (χ3n) is 3.03. The monoisotopic (exact) mass is 375 g/mol. The molecule has 0 spiro atoms. The van der Waals surface area contributed by atoms with Gasteiger partial charge in [0.2, 0.25) is 0 Å². The van der Waals surface area contributed by atoms with E-state index in [1.54, 1.807) is 18.2 Å². The average Bonchev–Trinajstić information content (AvgIpc) is 2.43. The number of benzene rings is 1. The van der Waals surface area contributed by atoms with Crippen molar-refractivity contribution < 1.29 is 14.7 Å². The molecule has 1 aromatic carbocycles. The van der Waals surface area contributed by atoms with Crippen molar-refractivity contribution in [3.63, 3.8) is 0 Å². The molecule has 21 heavy (non-hydrogen) atoms. The molecular weight excluding hydrogens is 358 g/mol. The third kappa shape index (κ3) is 7.48. The van der Waals surface area contributed by atoms with Gasteiger partial charge in [-0.1, -0.05) is 30.9 Å². The van der Waals surface area contributed by atoms with E-state index in [0.29, 0.717) is 17.1 Å². The molecule has 0 fully saturated rings. The molecule has 0 atom stereocenters. The van der Waals surface area contributed by atoms with E-state index in [9.17, 15) is 9.59 Å². The lowest BCUT2D eigenvalue weighted by Crippen LogP contribution is -2.24. The summed E-state index contributed by atoms with van der Waals surface area (Å²) in [6.07, 6.45) is 4.73. The van der Waals surface area contributed by atoms with E-state index in [-0.39, 0.29) is 12.3 Å². The minimum absolute atomic E-state index is 0.143. The molecule has 0 heterocycles. The molecule has 0 aliphatic heterocycles. The van der Waals surface area contributed by atoms with Crippen LogP contribution in [0.3, 0.4) is 0 Å². The fourth-order valence-electron chi connectivity index (χ4n) is 1.90. The van der Waals surface area contributed by atoms with Crippen molar-refractivity contribution in [3.8, 4) is 0 Å². The predicted molar refractivity (Wildman–Crippen MR) is 86.8 cm³/mol. The van der Waals surface area contributed by atoms with E-state index in [4.69, 9.17) is 16.7 Å². The highest BCUT2D eigenvalue weighted by Crippen LogP contribution is 2.21. The van der Waals surface area contributed by atoms with Crippen LogP contribution in [0.5, 0.6) is 0 Å². The number of halogens is 2. The first kappa shape index (κ1) is 18.0. The molecule has 2 N–H and O–H groups in total. The van der Waals surface area contributed by atoms with Crippen LogP contribution in [0.4, 0.5) is 0 Å². The van der Waals surface area contributed by atoms with Crippen LogP contribution in [-0.2, 0) is 4.79 Å². The van der Waals surface area contributed by atoms with Gasteiger partial charge in [0.15, 0.2) is 0 Å². The SMILES string of the molecule is O=C(O)CCCCCCCNC(=O)c1cc(Cl)ccc1Br. The number of amides is 1. The summed E-state index contributed by atoms with van der Waals surface area (Å²) in [5.74, 6) is -0.885. The molecule has 116 valence electrons. The van der Waals surface area contributed by atoms with Crippen LogP contribution in [0.2, 0.25) is 5.02 Å². The lowest BCUT2D eigenvalue weighted by Gasteiger charge is -2.07. The van der Waals surface area contributed by atoms with Crippen molar-refractivity contribution in [2.45, 2.75) is 38.5 Å². The maximum absolute atomic E-state index is 12.0. The Morgan fingerprint density at radius 3 is 2.52 bits per heavy atom. The number of carbonyl (C=O) groups is 2. The normalized spacial score (nSPS) is 10.4. The van der Waals surface area contributed by atoms with Crippen molar-refractivity contribution in [3.05, 3.63) is 33.3 Å². The summed E-state index contributed by atoms with van der Waals surface area (Å²) in [6, 6.07) is 5.10. The number of carboxylic acid groups (broad SMARTS) is 1. The molecular formula is C15H19BrClNO3. The Kier molecular flexibility index (Phi) is 8.38. The molecule has 0 aliphatic rings. The molecule has 0 aliphatic carbocycles. The molecule has 0 saturated heterocycles. The first-order valence-electron chi connectivity index (χ1n) is 6.95. The van der Waals surface area contributed by atoms with Crippen LogP contribution in [0.15, 0.2) is 22.7 Å². The molecule has 6 heteroatoms. The number of carboxylic acids is 1. The standard InChI is InChI=1S/C15H19BrClNO3/c16-13-8-7-11(17)10-12(13)15(21)18-9-5-3-1-2-4-6-14(19)20/h7-8,10H,1-6,9H2,(H,18,21)(H,19,20). The van der Waals surface area contributed by atoms with Crippen LogP contribution < -0.4 is 5.32 Å². The molecule has 1 aromatic rings. The molecule has 1 rings (SSSR count). The van der Waals surface area contributed by atoms with Crippen molar-refractivity contribution in [1.82, 2.24) is 5.32 Å². The van der Waals surface area contributed by atoms with Crippen LogP contribution in [0.1, 0.15) is 48.9 Å². The summed E-state index contributed by atoms with van der Waals surface area (Å²) in [7, 11) is 0. The summed E-state index contributed by atoms with van der Waals surface area (Å²) in [5, 5.41) is 11.9. The number of rotatable bonds is 9. The maximum atomic E-state index is 12.0. The van der Waals surface area contributed by atoms with Crippen LogP contribution in [0, 0.1) is 0 Å². The summed E-state index contributed by atoms with van der Waals surface area (Å²) in [4.78, 5) is 22.3. The van der Waals surface area contributed by atoms with Gasteiger partial charge in [0.1, 0.15) is 0 Å². The van der Waals surface area contributed by atoms with Crippen molar-refractivity contribution in [2.75, 3.05) is 6.54 Å². The largest absolute Gasteiger partial charge is 0.481 e. The highest BCUT2D eigenvalue weighted by atomic mass is 79.9. The Bertz CT molecular complexity index is 494. The Morgan fingerprint density at radius 2 is 1.81 bits per heavy atom. The van der Waals surface area contributed by atoms with Gasteiger partial charge in [0.05, 0.1) is 5.56 Å². The fourth-order valence-corrected chi connectivity index (χ4v) is 2.50. The zero-order valence-electron chi connectivity index (χ0n) is 11.7. The van der Waals surface area contributed by atoms with Crippen LogP contribution in [0.25, 0.3) is 0 Å². The number of carbonyl (C=O) groups excluding carboxylic acids is 1. The second kappa shape index (κ2) is 9.79. The van der Waals surface area contributed by atoms with E-state index < -0.39 is 5.97 Å². The number of aliphatic carboxylic acids is 1. The van der Waals surface area contributed by atoms with Gasteiger partial charge in [-0.2, -0.15) is 0 Å². The highest BCUT2D eigenvalue weighted by Gasteiger charge is 2.09. The van der Waals surface area contributed by atoms with Gasteiger partial charge in [-0.05, 0) is 47.0 Å². The molecule has 0 aromatic heterocycles. The van der Waals surface area contributed by atoms with E-state index in [1.807, 2.05) is 0 Å². The average molecular weight is 377 g/mol. The highest BCUT2D eigenvalue weighted by molar-refractivity contribution is 9.10. The van der Waals surface area contributed by atoms with E-state index >= 15 is 0 Å². The number of hydrogen-bond acceptors (Lipinski definition) is 2. The third-order valence-corrected chi connectivity index (χ3v) is 3.95. The van der Waals surface area contributed by atoms with Crippen molar-refractivity contribution >= 4 is 39.4 Å². The second-order valence-electron chi connectivity index (χ2n) is 4.79. The van der Waals surface area contributed by atoms with Crippen LogP contribution in [-0.4, -0.2) is 23.5 Å². The lowest BCUT2D eigenvalue weighted by atomic mass is 10.1. The second-order valence-corrected chi connectivity index (χ2v) is 6.08. The first-order valence-corrected chi connectivity index (χ1v) is 8.13. The summed E-state index contributed by atoms with van der Waals surface area (Å²) in [6.45, 7) is 0.608. The van der Waals surface area contributed by atoms with Gasteiger partial charge in [-0.3, -0.25) is 9.59 Å². The lowest BCUT2D eigenvalue weighted by molar-refractivity contribution is -0.137. The molecule has 1 amide bonds. The van der Waals surface area contributed by atoms with Gasteiger partial charge in [-0.25, -0.2) is 0 Å². The summed E-state index contributed by atoms with van der Waals surface area (Å²) < 4.78 is 0.720. The Balaban J connectivity index is 2.16. The van der Waals surface area contributed by atoms with Crippen LogP contribution >= 0.6 is 27.5 Å². The zero-order chi connectivity index (χ0) is 15.7. The molecule has 0 saturated carbocycles. The first-order chi connectivity index (χ1) is 10.0. The number of hydrogen-bond donors (Lipinski definition) is 2. The van der Waals surface area contributed by atoms with Gasteiger partial charge >= 0.3 is 5.97 Å². The summed E-state index contributed by atoms with van der Waals surface area (Å²) >= 11 is 9.20. The molecule has 0 bridgehead atoms. The minimum atomic E-state index is -0.741. The Morgan fingerprint density at radius 1 is 1.14 bits per heavy atom. The topological polar surface area (TPSA) is 66.4 Å². The van der Waals surface area contributed by atoms with Gasteiger partial charge < -0.3 is 10.4 Å². The van der Waals surface area contributed by atoms with Crippen molar-refractivity contribution in [2.24, 2.45) is 0 Å². The molecule has 0 radical (unpaired) electrons. The van der Waals surface area contributed by atoms with E-state index in [2.05, 4.69) is 21.2 Å². The number of unbranched alkanes of at least 4 members (excludes halogenated alkanes) is 4. The smallest absolute Gasteiger partial charge is 0.303 e. The zero-order valence-corrected chi connectivity index (χ0v) is 14.0. The Labute approximate surface area is 138 Å².